The third-order valence-corrected chi connectivity index (χ3v) is 7.91. The average molecular weight is 604 g/mol. The molecule has 0 saturated heterocycles. The first kappa shape index (κ1) is 32.1. The Kier molecular flexibility index (Phi) is 11.4. The highest BCUT2D eigenvalue weighted by atomic mass is 35.5. The summed E-state index contributed by atoms with van der Waals surface area (Å²) < 4.78 is 31.7. The number of hydrogen-bond donors (Lipinski definition) is 1. The SMILES string of the molecule is CC[C@@H](C)NC(=O)[C@@H](CC)N(Cc1ccc(Cl)c(Cl)c1)C(=O)CN(c1cc([N+](=O)[O-])ccc1OC)S(C)(=O)=O. The summed E-state index contributed by atoms with van der Waals surface area (Å²) >= 11 is 12.2. The zero-order chi connectivity index (χ0) is 29.5. The maximum Gasteiger partial charge on any atom is 0.271 e. The second kappa shape index (κ2) is 13.8. The predicted octanol–water partition coefficient (Wildman–Crippen LogP) is 4.40. The number of carbonyl (C=O) groups is 2. The van der Waals surface area contributed by atoms with Crippen molar-refractivity contribution in [2.45, 2.75) is 52.2 Å². The van der Waals surface area contributed by atoms with Crippen LogP contribution < -0.4 is 14.4 Å². The van der Waals surface area contributed by atoms with E-state index in [1.54, 1.807) is 25.1 Å². The molecule has 14 heteroatoms. The fourth-order valence-electron chi connectivity index (χ4n) is 3.78. The van der Waals surface area contributed by atoms with Crippen LogP contribution in [-0.2, 0) is 26.2 Å². The Hall–Kier alpha value is -3.09. The molecule has 11 nitrogen and oxygen atoms in total. The molecule has 214 valence electrons. The summed E-state index contributed by atoms with van der Waals surface area (Å²) in [6.07, 6.45) is 1.76. The number of carbonyl (C=O) groups excluding carboxylic acids is 2. The fraction of sp³-hybridized carbons (Fsp3) is 0.440. The number of benzene rings is 2. The molecule has 0 bridgehead atoms. The van der Waals surface area contributed by atoms with E-state index in [-0.39, 0.29) is 41.2 Å². The zero-order valence-electron chi connectivity index (χ0n) is 22.3. The molecular weight excluding hydrogens is 571 g/mol. The van der Waals surface area contributed by atoms with Gasteiger partial charge >= 0.3 is 0 Å². The van der Waals surface area contributed by atoms with Crippen LogP contribution >= 0.6 is 23.2 Å². The van der Waals surface area contributed by atoms with Gasteiger partial charge in [-0.05, 0) is 43.5 Å². The first-order chi connectivity index (χ1) is 18.2. The number of hydrogen-bond acceptors (Lipinski definition) is 7. The number of amides is 2. The molecule has 2 atom stereocenters. The molecule has 0 spiro atoms. The third-order valence-electron chi connectivity index (χ3n) is 6.05. The quantitative estimate of drug-likeness (QED) is 0.265. The predicted molar refractivity (Wildman–Crippen MR) is 151 cm³/mol. The summed E-state index contributed by atoms with van der Waals surface area (Å²) in [4.78, 5) is 39.0. The van der Waals surface area contributed by atoms with Crippen molar-refractivity contribution in [2.75, 3.05) is 24.2 Å². The highest BCUT2D eigenvalue weighted by Gasteiger charge is 2.33. The minimum atomic E-state index is -4.14. The average Bonchev–Trinajstić information content (AvgIpc) is 2.87. The minimum absolute atomic E-state index is 0.0106. The second-order valence-corrected chi connectivity index (χ2v) is 11.6. The Morgan fingerprint density at radius 1 is 1.10 bits per heavy atom. The van der Waals surface area contributed by atoms with Gasteiger partial charge in [-0.15, -0.1) is 0 Å². The Bertz CT molecular complexity index is 1320. The Labute approximate surface area is 238 Å². The van der Waals surface area contributed by atoms with E-state index in [4.69, 9.17) is 27.9 Å². The number of methoxy groups -OCH3 is 1. The van der Waals surface area contributed by atoms with Crippen LogP contribution in [0.3, 0.4) is 0 Å². The lowest BCUT2D eigenvalue weighted by atomic mass is 10.1. The van der Waals surface area contributed by atoms with Crippen LogP contribution in [0.5, 0.6) is 5.75 Å². The summed E-state index contributed by atoms with van der Waals surface area (Å²) in [7, 11) is -2.86. The van der Waals surface area contributed by atoms with Gasteiger partial charge in [-0.3, -0.25) is 24.0 Å². The van der Waals surface area contributed by atoms with Crippen molar-refractivity contribution in [3.63, 3.8) is 0 Å². The number of nitro groups is 1. The van der Waals surface area contributed by atoms with Gasteiger partial charge < -0.3 is 15.0 Å². The normalized spacial score (nSPS) is 12.8. The van der Waals surface area contributed by atoms with Gasteiger partial charge in [0.1, 0.15) is 24.0 Å². The number of halogens is 2. The van der Waals surface area contributed by atoms with E-state index in [1.165, 1.54) is 18.1 Å². The molecule has 0 fully saturated rings. The number of sulfonamides is 1. The molecule has 0 aliphatic rings. The molecule has 0 heterocycles. The number of anilines is 1. The van der Waals surface area contributed by atoms with Crippen LogP contribution in [0.1, 0.15) is 39.2 Å². The van der Waals surface area contributed by atoms with E-state index in [0.717, 1.165) is 22.7 Å². The molecule has 2 amide bonds. The lowest BCUT2D eigenvalue weighted by molar-refractivity contribution is -0.384. The summed E-state index contributed by atoms with van der Waals surface area (Å²) in [5.41, 5.74) is -0.0144. The number of nitrogens with zero attached hydrogens (tertiary/aromatic N) is 3. The van der Waals surface area contributed by atoms with Gasteiger partial charge in [-0.1, -0.05) is 43.1 Å². The molecule has 2 aromatic carbocycles. The van der Waals surface area contributed by atoms with Crippen LogP contribution in [0.2, 0.25) is 10.0 Å². The van der Waals surface area contributed by atoms with Crippen molar-refractivity contribution < 1.29 is 27.7 Å². The second-order valence-electron chi connectivity index (χ2n) is 8.89. The monoisotopic (exact) mass is 602 g/mol. The minimum Gasteiger partial charge on any atom is -0.495 e. The van der Waals surface area contributed by atoms with Crippen molar-refractivity contribution in [3.05, 3.63) is 62.1 Å². The Morgan fingerprint density at radius 3 is 2.28 bits per heavy atom. The van der Waals surface area contributed by atoms with Crippen molar-refractivity contribution in [1.82, 2.24) is 10.2 Å². The van der Waals surface area contributed by atoms with Crippen molar-refractivity contribution in [2.24, 2.45) is 0 Å². The topological polar surface area (TPSA) is 139 Å². The summed E-state index contributed by atoms with van der Waals surface area (Å²) in [5.74, 6) is -1.11. The van der Waals surface area contributed by atoms with Gasteiger partial charge in [0.05, 0.1) is 28.3 Å². The zero-order valence-corrected chi connectivity index (χ0v) is 24.6. The van der Waals surface area contributed by atoms with Crippen LogP contribution in [0.4, 0.5) is 11.4 Å². The van der Waals surface area contributed by atoms with Gasteiger partial charge in [-0.2, -0.15) is 0 Å². The van der Waals surface area contributed by atoms with Crippen LogP contribution in [0, 0.1) is 10.1 Å². The van der Waals surface area contributed by atoms with Crippen molar-refractivity contribution >= 4 is 56.4 Å². The fourth-order valence-corrected chi connectivity index (χ4v) is 4.94. The first-order valence-electron chi connectivity index (χ1n) is 12.1. The van der Waals surface area contributed by atoms with Gasteiger partial charge in [0.25, 0.3) is 5.69 Å². The maximum absolute atomic E-state index is 13.8. The number of nitrogens with one attached hydrogen (secondary N) is 1. The van der Waals surface area contributed by atoms with Crippen LogP contribution in [-0.4, -0.2) is 62.0 Å². The lowest BCUT2D eigenvalue weighted by Gasteiger charge is -2.33. The molecule has 2 rings (SSSR count). The molecular formula is C25H32Cl2N4O7S. The molecule has 0 unspecified atom stereocenters. The molecule has 0 radical (unpaired) electrons. The smallest absolute Gasteiger partial charge is 0.271 e. The van der Waals surface area contributed by atoms with Gasteiger partial charge in [0, 0.05) is 24.7 Å². The van der Waals surface area contributed by atoms with Crippen molar-refractivity contribution in [3.8, 4) is 5.75 Å². The highest BCUT2D eigenvalue weighted by Crippen LogP contribution is 2.34. The van der Waals surface area contributed by atoms with E-state index in [0.29, 0.717) is 17.0 Å². The Morgan fingerprint density at radius 2 is 1.77 bits per heavy atom. The van der Waals surface area contributed by atoms with Crippen LogP contribution in [0.15, 0.2) is 36.4 Å². The molecule has 2 aromatic rings. The van der Waals surface area contributed by atoms with E-state index in [2.05, 4.69) is 5.32 Å². The molecule has 1 N–H and O–H groups in total. The van der Waals surface area contributed by atoms with E-state index in [1.807, 2.05) is 13.8 Å². The van der Waals surface area contributed by atoms with Crippen molar-refractivity contribution in [1.29, 1.82) is 0 Å². The Balaban J connectivity index is 2.58. The van der Waals surface area contributed by atoms with E-state index >= 15 is 0 Å². The van der Waals surface area contributed by atoms with Gasteiger partial charge in [-0.25, -0.2) is 8.42 Å². The largest absolute Gasteiger partial charge is 0.495 e. The molecule has 0 aromatic heterocycles. The molecule has 0 saturated carbocycles. The van der Waals surface area contributed by atoms with Gasteiger partial charge in [0.2, 0.25) is 21.8 Å². The third kappa shape index (κ3) is 8.45. The maximum atomic E-state index is 13.8. The van der Waals surface area contributed by atoms with E-state index in [9.17, 15) is 28.1 Å². The molecule has 39 heavy (non-hydrogen) atoms. The molecule has 0 aliphatic heterocycles. The number of ether oxygens (including phenoxy) is 1. The van der Waals surface area contributed by atoms with E-state index < -0.39 is 39.3 Å². The first-order valence-corrected chi connectivity index (χ1v) is 14.7. The lowest BCUT2D eigenvalue weighted by Crippen LogP contribution is -2.53. The number of rotatable bonds is 13. The summed E-state index contributed by atoms with van der Waals surface area (Å²) in [6, 6.07) is 7.07. The number of nitro benzene ring substituents is 1. The summed E-state index contributed by atoms with van der Waals surface area (Å²) in [5, 5.41) is 14.8. The molecule has 0 aliphatic carbocycles. The standard InChI is InChI=1S/C25H32Cl2N4O7S/c1-6-16(3)28-25(33)21(7-2)29(14-17-8-10-19(26)20(27)12-17)24(32)15-30(39(5,36)37)22-13-18(31(34)35)9-11-23(22)38-4/h8-13,16,21H,6-7,14-15H2,1-5H3,(H,28,33)/t16-,21-/m1/s1. The number of non-ortho nitro benzene ring substituents is 1. The highest BCUT2D eigenvalue weighted by molar-refractivity contribution is 7.92. The summed E-state index contributed by atoms with van der Waals surface area (Å²) in [6.45, 7) is 4.64. The van der Waals surface area contributed by atoms with Gasteiger partial charge in [0.15, 0.2) is 0 Å². The van der Waals surface area contributed by atoms with Crippen LogP contribution in [0.25, 0.3) is 0 Å².